The molecule has 1 unspecified atom stereocenters. The van der Waals surface area contributed by atoms with E-state index in [1.807, 2.05) is 38.1 Å². The summed E-state index contributed by atoms with van der Waals surface area (Å²) in [6.45, 7) is 9.92. The van der Waals surface area contributed by atoms with Crippen LogP contribution in [-0.2, 0) is 4.79 Å². The van der Waals surface area contributed by atoms with Crippen LogP contribution in [0.2, 0.25) is 0 Å². The Kier molecular flexibility index (Phi) is 5.20. The molecule has 1 aromatic rings. The third-order valence-corrected chi connectivity index (χ3v) is 2.66. The molecule has 100 valence electrons. The highest BCUT2D eigenvalue weighted by Gasteiger charge is 2.15. The molecule has 0 aliphatic carbocycles. The van der Waals surface area contributed by atoms with Crippen molar-refractivity contribution in [2.45, 2.75) is 52.7 Å². The predicted octanol–water partition coefficient (Wildman–Crippen LogP) is 3.10. The molecule has 0 spiro atoms. The maximum Gasteiger partial charge on any atom is 0.260 e. The number of nitrogens with one attached hydrogen (secondary N) is 1. The first-order chi connectivity index (χ1) is 8.40. The van der Waals surface area contributed by atoms with Gasteiger partial charge in [-0.05, 0) is 44.4 Å². The average molecular weight is 249 g/mol. The Balaban J connectivity index is 2.59. The van der Waals surface area contributed by atoms with E-state index in [0.29, 0.717) is 5.92 Å². The largest absolute Gasteiger partial charge is 0.481 e. The molecular weight excluding hydrogens is 226 g/mol. The van der Waals surface area contributed by atoms with Gasteiger partial charge in [-0.1, -0.05) is 26.0 Å². The molecule has 1 rings (SSSR count). The maximum atomic E-state index is 11.7. The Morgan fingerprint density at radius 3 is 2.06 bits per heavy atom. The Hall–Kier alpha value is -1.51. The fourth-order valence-corrected chi connectivity index (χ4v) is 1.59. The molecule has 0 heterocycles. The summed E-state index contributed by atoms with van der Waals surface area (Å²) >= 11 is 0. The summed E-state index contributed by atoms with van der Waals surface area (Å²) in [4.78, 5) is 11.7. The number of carbonyl (C=O) groups excluding carboxylic acids is 1. The lowest BCUT2D eigenvalue weighted by Crippen LogP contribution is -2.40. The van der Waals surface area contributed by atoms with E-state index < -0.39 is 6.10 Å². The van der Waals surface area contributed by atoms with Gasteiger partial charge in [0, 0.05) is 6.04 Å². The molecule has 1 aromatic carbocycles. The molecule has 3 nitrogen and oxygen atoms in total. The molecule has 0 radical (unpaired) electrons. The van der Waals surface area contributed by atoms with Crippen LogP contribution in [0.5, 0.6) is 5.75 Å². The van der Waals surface area contributed by atoms with Gasteiger partial charge in [0.15, 0.2) is 6.10 Å². The van der Waals surface area contributed by atoms with E-state index in [2.05, 4.69) is 19.2 Å². The smallest absolute Gasteiger partial charge is 0.260 e. The normalized spacial score (nSPS) is 12.6. The lowest BCUT2D eigenvalue weighted by Gasteiger charge is -2.16. The van der Waals surface area contributed by atoms with Crippen molar-refractivity contribution in [3.8, 4) is 5.75 Å². The molecule has 1 atom stereocenters. The van der Waals surface area contributed by atoms with Crippen LogP contribution in [0, 0.1) is 0 Å². The van der Waals surface area contributed by atoms with Crippen molar-refractivity contribution < 1.29 is 9.53 Å². The minimum absolute atomic E-state index is 0.0852. The first-order valence-electron chi connectivity index (χ1n) is 6.47. The van der Waals surface area contributed by atoms with Crippen molar-refractivity contribution in [3.63, 3.8) is 0 Å². The Morgan fingerprint density at radius 1 is 1.06 bits per heavy atom. The molecule has 0 aliphatic rings. The maximum absolute atomic E-state index is 11.7. The number of benzene rings is 1. The van der Waals surface area contributed by atoms with Crippen LogP contribution in [0.4, 0.5) is 0 Å². The van der Waals surface area contributed by atoms with Crippen LogP contribution in [0.15, 0.2) is 24.3 Å². The van der Waals surface area contributed by atoms with Gasteiger partial charge in [-0.3, -0.25) is 4.79 Å². The molecule has 1 amide bonds. The van der Waals surface area contributed by atoms with E-state index in [1.165, 1.54) is 5.56 Å². The number of hydrogen-bond donors (Lipinski definition) is 1. The summed E-state index contributed by atoms with van der Waals surface area (Å²) in [6.07, 6.45) is -0.475. The first kappa shape index (κ1) is 14.6. The van der Waals surface area contributed by atoms with Crippen LogP contribution < -0.4 is 10.1 Å². The summed E-state index contributed by atoms with van der Waals surface area (Å²) in [5.74, 6) is 1.14. The van der Waals surface area contributed by atoms with Gasteiger partial charge < -0.3 is 10.1 Å². The fraction of sp³-hybridized carbons (Fsp3) is 0.533. The van der Waals surface area contributed by atoms with Crippen LogP contribution in [-0.4, -0.2) is 18.1 Å². The monoisotopic (exact) mass is 249 g/mol. The standard InChI is InChI=1S/C15H23NO2/c1-10(2)13-6-8-14(9-7-13)18-12(5)15(17)16-11(3)4/h6-12H,1-5H3,(H,16,17). The van der Waals surface area contributed by atoms with Gasteiger partial charge in [0.25, 0.3) is 5.91 Å². The minimum Gasteiger partial charge on any atom is -0.481 e. The zero-order chi connectivity index (χ0) is 13.7. The van der Waals surface area contributed by atoms with E-state index in [-0.39, 0.29) is 11.9 Å². The van der Waals surface area contributed by atoms with Crippen LogP contribution in [0.3, 0.4) is 0 Å². The highest BCUT2D eigenvalue weighted by atomic mass is 16.5. The van der Waals surface area contributed by atoms with Crippen LogP contribution in [0.1, 0.15) is 46.1 Å². The van der Waals surface area contributed by atoms with Gasteiger partial charge in [-0.15, -0.1) is 0 Å². The van der Waals surface area contributed by atoms with Gasteiger partial charge in [0.2, 0.25) is 0 Å². The first-order valence-corrected chi connectivity index (χ1v) is 6.47. The molecule has 0 saturated heterocycles. The van der Waals surface area contributed by atoms with Crippen LogP contribution >= 0.6 is 0 Å². The van der Waals surface area contributed by atoms with Crippen LogP contribution in [0.25, 0.3) is 0 Å². The molecule has 1 N–H and O–H groups in total. The van der Waals surface area contributed by atoms with Crippen molar-refractivity contribution in [1.82, 2.24) is 5.32 Å². The van der Waals surface area contributed by atoms with Gasteiger partial charge in [-0.2, -0.15) is 0 Å². The number of rotatable bonds is 5. The molecule has 0 fully saturated rings. The van der Waals surface area contributed by atoms with Crippen molar-refractivity contribution >= 4 is 5.91 Å². The zero-order valence-corrected chi connectivity index (χ0v) is 11.9. The molecular formula is C15H23NO2. The van der Waals surface area contributed by atoms with Crippen molar-refractivity contribution in [2.75, 3.05) is 0 Å². The molecule has 18 heavy (non-hydrogen) atoms. The van der Waals surface area contributed by atoms with Gasteiger partial charge >= 0.3 is 0 Å². The fourth-order valence-electron chi connectivity index (χ4n) is 1.59. The summed E-state index contributed by atoms with van der Waals surface area (Å²) in [5, 5.41) is 2.83. The Bertz CT molecular complexity index is 382. The summed E-state index contributed by atoms with van der Waals surface area (Å²) < 4.78 is 5.60. The predicted molar refractivity (Wildman–Crippen MR) is 73.9 cm³/mol. The van der Waals surface area contributed by atoms with Gasteiger partial charge in [-0.25, -0.2) is 0 Å². The average Bonchev–Trinajstić information content (AvgIpc) is 2.28. The Morgan fingerprint density at radius 2 is 1.61 bits per heavy atom. The third kappa shape index (κ3) is 4.40. The van der Waals surface area contributed by atoms with Crippen molar-refractivity contribution in [3.05, 3.63) is 29.8 Å². The van der Waals surface area contributed by atoms with E-state index in [9.17, 15) is 4.79 Å². The second kappa shape index (κ2) is 6.43. The SMILES string of the molecule is CC(C)NC(=O)C(C)Oc1ccc(C(C)C)cc1. The quantitative estimate of drug-likeness (QED) is 0.870. The lowest BCUT2D eigenvalue weighted by molar-refractivity contribution is -0.127. The lowest BCUT2D eigenvalue weighted by atomic mass is 10.0. The number of hydrogen-bond acceptors (Lipinski definition) is 2. The molecule has 0 aromatic heterocycles. The van der Waals surface area contributed by atoms with E-state index >= 15 is 0 Å². The second-order valence-electron chi connectivity index (χ2n) is 5.15. The molecule has 3 heteroatoms. The summed E-state index contributed by atoms with van der Waals surface area (Å²) in [7, 11) is 0. The van der Waals surface area contributed by atoms with Crippen molar-refractivity contribution in [2.24, 2.45) is 0 Å². The topological polar surface area (TPSA) is 38.3 Å². The van der Waals surface area contributed by atoms with Gasteiger partial charge in [0.1, 0.15) is 5.75 Å². The Labute approximate surface area is 110 Å². The number of carbonyl (C=O) groups is 1. The molecule has 0 saturated carbocycles. The molecule has 0 aliphatic heterocycles. The third-order valence-electron chi connectivity index (χ3n) is 2.66. The highest BCUT2D eigenvalue weighted by molar-refractivity contribution is 5.80. The number of ether oxygens (including phenoxy) is 1. The van der Waals surface area contributed by atoms with Crippen molar-refractivity contribution in [1.29, 1.82) is 0 Å². The van der Waals surface area contributed by atoms with E-state index in [0.717, 1.165) is 5.75 Å². The molecule has 0 bridgehead atoms. The zero-order valence-electron chi connectivity index (χ0n) is 11.9. The summed E-state index contributed by atoms with van der Waals surface area (Å²) in [6, 6.07) is 8.02. The highest BCUT2D eigenvalue weighted by Crippen LogP contribution is 2.19. The van der Waals surface area contributed by atoms with Gasteiger partial charge in [0.05, 0.1) is 0 Å². The second-order valence-corrected chi connectivity index (χ2v) is 5.15. The van der Waals surface area contributed by atoms with E-state index in [1.54, 1.807) is 6.92 Å². The van der Waals surface area contributed by atoms with E-state index in [4.69, 9.17) is 4.74 Å². The number of amides is 1. The minimum atomic E-state index is -0.475. The summed E-state index contributed by atoms with van der Waals surface area (Å²) in [5.41, 5.74) is 1.27.